The summed E-state index contributed by atoms with van der Waals surface area (Å²) in [5.41, 5.74) is 2.58. The molecule has 0 saturated heterocycles. The predicted molar refractivity (Wildman–Crippen MR) is 96.9 cm³/mol. The molecular weight excluding hydrogens is 302 g/mol. The molecule has 1 aliphatic rings. The minimum Gasteiger partial charge on any atom is -0.219 e. The van der Waals surface area contributed by atoms with Gasteiger partial charge in [-0.05, 0) is 57.7 Å². The maximum absolute atomic E-state index is 4.52. The van der Waals surface area contributed by atoms with E-state index in [1.807, 2.05) is 25.6 Å². The zero-order valence-corrected chi connectivity index (χ0v) is 15.5. The van der Waals surface area contributed by atoms with Crippen molar-refractivity contribution in [1.29, 1.82) is 0 Å². The number of aryl methyl sites for hydroxylation is 2. The lowest BCUT2D eigenvalue weighted by atomic mass is 9.83. The van der Waals surface area contributed by atoms with Gasteiger partial charge >= 0.3 is 0 Å². The molecular formula is C19H25N3S. The Bertz CT molecular complexity index is 704. The number of rotatable bonds is 4. The van der Waals surface area contributed by atoms with Crippen LogP contribution in [-0.4, -0.2) is 19.7 Å². The van der Waals surface area contributed by atoms with Gasteiger partial charge in [0.25, 0.3) is 0 Å². The molecule has 3 nitrogen and oxygen atoms in total. The van der Waals surface area contributed by atoms with Gasteiger partial charge in [0, 0.05) is 15.2 Å². The van der Waals surface area contributed by atoms with Crippen molar-refractivity contribution in [3.05, 3.63) is 35.4 Å². The normalized spacial score (nSPS) is 18.9. The first-order valence-corrected chi connectivity index (χ1v) is 9.25. The van der Waals surface area contributed by atoms with Gasteiger partial charge in [0.15, 0.2) is 5.82 Å². The average molecular weight is 327 g/mol. The summed E-state index contributed by atoms with van der Waals surface area (Å²) < 4.78 is 0.265. The summed E-state index contributed by atoms with van der Waals surface area (Å²) >= 11 is 2.01. The predicted octanol–water partition coefficient (Wildman–Crippen LogP) is 5.31. The first-order chi connectivity index (χ1) is 10.9. The van der Waals surface area contributed by atoms with Crippen molar-refractivity contribution in [2.45, 2.75) is 69.4 Å². The lowest BCUT2D eigenvalue weighted by Crippen LogP contribution is -2.20. The number of unbranched alkanes of at least 4 members (excludes halogenated alkanes) is 1. The van der Waals surface area contributed by atoms with E-state index in [-0.39, 0.29) is 4.75 Å². The highest BCUT2D eigenvalue weighted by Crippen LogP contribution is 2.55. The molecule has 23 heavy (non-hydrogen) atoms. The molecule has 0 aliphatic carbocycles. The van der Waals surface area contributed by atoms with E-state index in [4.69, 9.17) is 0 Å². The van der Waals surface area contributed by atoms with E-state index in [1.165, 1.54) is 29.7 Å². The van der Waals surface area contributed by atoms with Crippen molar-refractivity contribution in [2.75, 3.05) is 0 Å². The van der Waals surface area contributed by atoms with Gasteiger partial charge < -0.3 is 0 Å². The molecule has 0 N–H and O–H groups in total. The lowest BCUT2D eigenvalue weighted by Gasteiger charge is -2.26. The topological polar surface area (TPSA) is 38.7 Å². The van der Waals surface area contributed by atoms with E-state index >= 15 is 0 Å². The Hall–Kier alpha value is -1.42. The molecule has 0 saturated carbocycles. The van der Waals surface area contributed by atoms with Crippen LogP contribution < -0.4 is 0 Å². The minimum atomic E-state index is 0.265. The number of thioether (sulfide) groups is 1. The molecule has 1 unspecified atom stereocenters. The van der Waals surface area contributed by atoms with Crippen LogP contribution >= 0.6 is 11.8 Å². The van der Waals surface area contributed by atoms with Gasteiger partial charge in [-0.25, -0.2) is 15.0 Å². The summed E-state index contributed by atoms with van der Waals surface area (Å²) in [5.74, 6) is 2.96. The maximum atomic E-state index is 4.52. The average Bonchev–Trinajstić information content (AvgIpc) is 2.72. The zero-order chi connectivity index (χ0) is 16.6. The van der Waals surface area contributed by atoms with Crippen molar-refractivity contribution in [3.8, 4) is 11.4 Å². The van der Waals surface area contributed by atoms with Gasteiger partial charge in [-0.15, -0.1) is 11.8 Å². The van der Waals surface area contributed by atoms with Crippen LogP contribution in [0.4, 0.5) is 0 Å². The van der Waals surface area contributed by atoms with Crippen molar-refractivity contribution < 1.29 is 0 Å². The second-order valence-corrected chi connectivity index (χ2v) is 8.60. The number of fused-ring (bicyclic) bond motifs is 1. The second kappa shape index (κ2) is 6.23. The van der Waals surface area contributed by atoms with Crippen LogP contribution in [0.5, 0.6) is 0 Å². The number of aromatic nitrogens is 3. The molecule has 1 aliphatic heterocycles. The fourth-order valence-corrected chi connectivity index (χ4v) is 4.85. The standard InChI is InChI=1S/C19H25N3S/c1-6-7-8-16-15-11-14(9-10-17(15)23-19(16,4)5)18-21-12(2)20-13(3)22-18/h9-11,16H,6-8H2,1-5H3. The largest absolute Gasteiger partial charge is 0.219 e. The van der Waals surface area contributed by atoms with Gasteiger partial charge in [-0.1, -0.05) is 25.8 Å². The summed E-state index contributed by atoms with van der Waals surface area (Å²) in [5, 5.41) is 0. The van der Waals surface area contributed by atoms with Gasteiger partial charge in [-0.3, -0.25) is 0 Å². The Morgan fingerprint density at radius 3 is 2.43 bits per heavy atom. The van der Waals surface area contributed by atoms with Crippen molar-refractivity contribution in [1.82, 2.24) is 15.0 Å². The molecule has 1 aromatic carbocycles. The molecule has 0 bridgehead atoms. The van der Waals surface area contributed by atoms with E-state index < -0.39 is 0 Å². The highest BCUT2D eigenvalue weighted by molar-refractivity contribution is 8.01. The third kappa shape index (κ3) is 3.27. The maximum Gasteiger partial charge on any atom is 0.163 e. The molecule has 4 heteroatoms. The van der Waals surface area contributed by atoms with Gasteiger partial charge in [0.1, 0.15) is 11.6 Å². The van der Waals surface area contributed by atoms with Crippen molar-refractivity contribution >= 4 is 11.8 Å². The highest BCUT2D eigenvalue weighted by atomic mass is 32.2. The number of hydrogen-bond donors (Lipinski definition) is 0. The van der Waals surface area contributed by atoms with Crippen LogP contribution in [0, 0.1) is 13.8 Å². The second-order valence-electron chi connectivity index (χ2n) is 6.91. The lowest BCUT2D eigenvalue weighted by molar-refractivity contribution is 0.498. The van der Waals surface area contributed by atoms with Gasteiger partial charge in [0.2, 0.25) is 0 Å². The number of benzene rings is 1. The summed E-state index contributed by atoms with van der Waals surface area (Å²) in [4.78, 5) is 14.8. The van der Waals surface area contributed by atoms with Gasteiger partial charge in [0.05, 0.1) is 0 Å². The molecule has 1 aromatic heterocycles. The first-order valence-electron chi connectivity index (χ1n) is 8.43. The van der Waals surface area contributed by atoms with E-state index in [2.05, 4.69) is 53.9 Å². The van der Waals surface area contributed by atoms with Crippen molar-refractivity contribution in [2.24, 2.45) is 0 Å². The molecule has 0 amide bonds. The molecule has 3 rings (SSSR count). The number of nitrogens with zero attached hydrogens (tertiary/aromatic N) is 3. The van der Waals surface area contributed by atoms with E-state index in [0.29, 0.717) is 5.92 Å². The summed E-state index contributed by atoms with van der Waals surface area (Å²) in [7, 11) is 0. The Morgan fingerprint density at radius 1 is 1.09 bits per heavy atom. The summed E-state index contributed by atoms with van der Waals surface area (Å²) in [6.45, 7) is 10.9. The van der Waals surface area contributed by atoms with Crippen LogP contribution in [0.1, 0.15) is 63.2 Å². The Morgan fingerprint density at radius 2 is 1.78 bits per heavy atom. The molecule has 2 heterocycles. The molecule has 1 atom stereocenters. The van der Waals surface area contributed by atoms with Crippen LogP contribution in [0.2, 0.25) is 0 Å². The van der Waals surface area contributed by atoms with Crippen LogP contribution in [0.3, 0.4) is 0 Å². The molecule has 0 fully saturated rings. The Kier molecular flexibility index (Phi) is 4.45. The van der Waals surface area contributed by atoms with Crippen LogP contribution in [0.25, 0.3) is 11.4 Å². The molecule has 122 valence electrons. The third-order valence-corrected chi connectivity index (χ3v) is 5.96. The quantitative estimate of drug-likeness (QED) is 0.762. The molecule has 2 aromatic rings. The van der Waals surface area contributed by atoms with Crippen LogP contribution in [0.15, 0.2) is 23.1 Å². The third-order valence-electron chi connectivity index (χ3n) is 4.56. The Labute approximate surface area is 143 Å². The SMILES string of the molecule is CCCCC1c2cc(-c3nc(C)nc(C)n3)ccc2SC1(C)C. The monoisotopic (exact) mass is 327 g/mol. The minimum absolute atomic E-state index is 0.265. The van der Waals surface area contributed by atoms with Crippen molar-refractivity contribution in [3.63, 3.8) is 0 Å². The molecule has 0 radical (unpaired) electrons. The smallest absolute Gasteiger partial charge is 0.163 e. The first kappa shape index (κ1) is 16.4. The van der Waals surface area contributed by atoms with E-state index in [9.17, 15) is 0 Å². The summed E-state index contributed by atoms with van der Waals surface area (Å²) in [6.07, 6.45) is 3.78. The Balaban J connectivity index is 2.02. The van der Waals surface area contributed by atoms with Crippen LogP contribution in [-0.2, 0) is 0 Å². The molecule has 0 spiro atoms. The zero-order valence-electron chi connectivity index (χ0n) is 14.7. The van der Waals surface area contributed by atoms with E-state index in [1.54, 1.807) is 0 Å². The summed E-state index contributed by atoms with van der Waals surface area (Å²) in [6, 6.07) is 6.71. The number of hydrogen-bond acceptors (Lipinski definition) is 4. The fraction of sp³-hybridized carbons (Fsp3) is 0.526. The van der Waals surface area contributed by atoms with Gasteiger partial charge in [-0.2, -0.15) is 0 Å². The van der Waals surface area contributed by atoms with E-state index in [0.717, 1.165) is 23.0 Å². The fourth-order valence-electron chi connectivity index (χ4n) is 3.44. The highest BCUT2D eigenvalue weighted by Gasteiger charge is 2.39.